The molecule has 6 rings (SSSR count). The van der Waals surface area contributed by atoms with Crippen LogP contribution in [0.1, 0.15) is 6.92 Å². The van der Waals surface area contributed by atoms with Crippen LogP contribution in [0.5, 0.6) is 28.7 Å². The first kappa shape index (κ1) is 39.8. The number of fused-ring (bicyclic) bond motifs is 1. The maximum atomic E-state index is 14.1. The summed E-state index contributed by atoms with van der Waals surface area (Å²) < 4.78 is 39.8. The second-order valence-electron chi connectivity index (χ2n) is 13.1. The second kappa shape index (κ2) is 15.7. The third kappa shape index (κ3) is 7.39. The summed E-state index contributed by atoms with van der Waals surface area (Å²) >= 11 is 0. The summed E-state index contributed by atoms with van der Waals surface area (Å²) in [6.45, 7) is -0.209. The van der Waals surface area contributed by atoms with Crippen molar-refractivity contribution in [3.8, 4) is 40.1 Å². The van der Waals surface area contributed by atoms with Gasteiger partial charge in [0.25, 0.3) is 0 Å². The topological polar surface area (TPSA) is 349 Å². The molecule has 3 aromatic rings. The van der Waals surface area contributed by atoms with Crippen molar-refractivity contribution >= 4 is 11.0 Å². The Morgan fingerprint density at radius 1 is 0.667 bits per heavy atom. The number of aliphatic hydroxyl groups excluding tert-OH is 9. The number of phenolic OH excluding ortho intramolecular Hbond substituents is 4. The van der Waals surface area contributed by atoms with E-state index in [9.17, 15) is 71.2 Å². The lowest BCUT2D eigenvalue weighted by Crippen LogP contribution is -2.65. The number of hydrogen-bond acceptors (Lipinski definition) is 21. The van der Waals surface area contributed by atoms with Crippen LogP contribution in [0.15, 0.2) is 39.5 Å². The van der Waals surface area contributed by atoms with Crippen molar-refractivity contribution in [2.45, 2.75) is 99.0 Å². The highest BCUT2D eigenvalue weighted by Crippen LogP contribution is 2.40. The first-order valence-corrected chi connectivity index (χ1v) is 16.5. The largest absolute Gasteiger partial charge is 0.508 e. The summed E-state index contributed by atoms with van der Waals surface area (Å²) in [6, 6.07) is 5.00. The van der Waals surface area contributed by atoms with Gasteiger partial charge < -0.3 is 99.2 Å². The highest BCUT2D eigenvalue weighted by Gasteiger charge is 2.52. The number of aromatic hydroxyl groups is 4. The van der Waals surface area contributed by atoms with Gasteiger partial charge in [0.2, 0.25) is 17.5 Å². The summed E-state index contributed by atoms with van der Waals surface area (Å²) in [5.74, 6) is -3.82. The van der Waals surface area contributed by atoms with Gasteiger partial charge in [-0.2, -0.15) is 0 Å². The third-order valence-corrected chi connectivity index (χ3v) is 9.41. The molecular weight excluding hydrogens is 732 g/mol. The minimum absolute atomic E-state index is 0.122. The molecule has 0 bridgehead atoms. The second-order valence-corrected chi connectivity index (χ2v) is 13.1. The lowest BCUT2D eigenvalue weighted by Gasteiger charge is -2.46. The zero-order valence-electron chi connectivity index (χ0n) is 28.0. The van der Waals surface area contributed by atoms with Gasteiger partial charge >= 0.3 is 0 Å². The molecule has 1 aromatic heterocycles. The minimum Gasteiger partial charge on any atom is -0.508 e. The molecule has 0 unspecified atom stereocenters. The van der Waals surface area contributed by atoms with Crippen LogP contribution >= 0.6 is 0 Å². The molecule has 4 heterocycles. The van der Waals surface area contributed by atoms with Gasteiger partial charge in [0.1, 0.15) is 83.5 Å². The van der Waals surface area contributed by atoms with Crippen molar-refractivity contribution in [1.82, 2.24) is 0 Å². The Hall–Kier alpha value is -3.91. The molecule has 298 valence electrons. The fourth-order valence-corrected chi connectivity index (χ4v) is 6.30. The van der Waals surface area contributed by atoms with E-state index in [1.165, 1.54) is 13.0 Å². The molecular formula is C33H40O21. The van der Waals surface area contributed by atoms with Gasteiger partial charge in [-0.3, -0.25) is 4.79 Å². The van der Waals surface area contributed by atoms with E-state index in [4.69, 9.17) is 32.8 Å². The average molecular weight is 773 g/mol. The van der Waals surface area contributed by atoms with Gasteiger partial charge in [0.15, 0.2) is 35.9 Å². The summed E-state index contributed by atoms with van der Waals surface area (Å²) in [5.41, 5.74) is -1.62. The molecule has 54 heavy (non-hydrogen) atoms. The molecule has 0 radical (unpaired) electrons. The molecule has 3 saturated heterocycles. The third-order valence-electron chi connectivity index (χ3n) is 9.41. The van der Waals surface area contributed by atoms with Crippen LogP contribution in [-0.2, 0) is 23.7 Å². The van der Waals surface area contributed by atoms with Gasteiger partial charge in [0.05, 0.1) is 19.3 Å². The summed E-state index contributed by atoms with van der Waals surface area (Å²) in [5, 5.41) is 135. The van der Waals surface area contributed by atoms with E-state index in [1.807, 2.05) is 0 Å². The van der Waals surface area contributed by atoms with Crippen LogP contribution in [0, 0.1) is 0 Å². The van der Waals surface area contributed by atoms with Crippen LogP contribution in [0.3, 0.4) is 0 Å². The normalized spacial score (nSPS) is 37.3. The minimum atomic E-state index is -2.10. The highest BCUT2D eigenvalue weighted by molar-refractivity contribution is 5.88. The average Bonchev–Trinajstić information content (AvgIpc) is 3.13. The van der Waals surface area contributed by atoms with E-state index < -0.39 is 151 Å². The fraction of sp³-hybridized carbons (Fsp3) is 0.545. The molecule has 3 aliphatic heterocycles. The number of hydrogen-bond donors (Lipinski definition) is 13. The van der Waals surface area contributed by atoms with E-state index in [0.29, 0.717) is 0 Å². The molecule has 0 aliphatic carbocycles. The van der Waals surface area contributed by atoms with Crippen LogP contribution in [-0.4, -0.2) is 172 Å². The van der Waals surface area contributed by atoms with E-state index in [2.05, 4.69) is 0 Å². The number of rotatable bonds is 9. The van der Waals surface area contributed by atoms with E-state index >= 15 is 0 Å². The SMILES string of the molecule is C[C@H]1O[C@H](OC[C@H]2O[C@@H](Oc3c(-c4ccc(O)c(O)c4)oc4cc(O)cc(O)c4c3=O)[C@H](O[C@@H]3O[C@H](CO)[C@@H](O)[C@H](O)[C@H]3O)[C@@H](O)[C@@H]2O)[C@@H](O)[C@@H](O)[C@@H]1O. The van der Waals surface area contributed by atoms with E-state index in [0.717, 1.165) is 24.3 Å². The Bertz CT molecular complexity index is 1850. The molecule has 2 aromatic carbocycles. The van der Waals surface area contributed by atoms with Crippen molar-refractivity contribution in [3.63, 3.8) is 0 Å². The first-order chi connectivity index (χ1) is 25.5. The molecule has 0 saturated carbocycles. The van der Waals surface area contributed by atoms with Gasteiger partial charge in [0, 0.05) is 17.7 Å². The summed E-state index contributed by atoms with van der Waals surface area (Å²) in [6.07, 6.45) is -26.6. The van der Waals surface area contributed by atoms with Crippen LogP contribution < -0.4 is 10.2 Å². The molecule has 21 heteroatoms. The van der Waals surface area contributed by atoms with Crippen molar-refractivity contribution < 1.29 is 99.2 Å². The number of phenols is 4. The molecule has 15 atom stereocenters. The lowest BCUT2D eigenvalue weighted by molar-refractivity contribution is -0.362. The molecule has 13 N–H and O–H groups in total. The number of benzene rings is 2. The summed E-state index contributed by atoms with van der Waals surface area (Å²) in [7, 11) is 0. The molecule has 21 nitrogen and oxygen atoms in total. The monoisotopic (exact) mass is 772 g/mol. The smallest absolute Gasteiger partial charge is 0.239 e. The van der Waals surface area contributed by atoms with Crippen LogP contribution in [0.4, 0.5) is 0 Å². The van der Waals surface area contributed by atoms with Crippen LogP contribution in [0.25, 0.3) is 22.3 Å². The van der Waals surface area contributed by atoms with Gasteiger partial charge in [-0.25, -0.2) is 0 Å². The Balaban J connectivity index is 1.40. The van der Waals surface area contributed by atoms with Crippen molar-refractivity contribution in [2.75, 3.05) is 13.2 Å². The lowest BCUT2D eigenvalue weighted by atomic mass is 9.97. The van der Waals surface area contributed by atoms with Gasteiger partial charge in [-0.1, -0.05) is 0 Å². The molecule has 3 aliphatic rings. The van der Waals surface area contributed by atoms with E-state index in [1.54, 1.807) is 0 Å². The van der Waals surface area contributed by atoms with Crippen molar-refractivity contribution in [2.24, 2.45) is 0 Å². The van der Waals surface area contributed by atoms with Crippen LogP contribution in [0.2, 0.25) is 0 Å². The quantitative estimate of drug-likeness (QED) is 0.0925. The molecule has 0 amide bonds. The van der Waals surface area contributed by atoms with Gasteiger partial charge in [-0.15, -0.1) is 0 Å². The Labute approximate surface area is 303 Å². The standard InChI is InChI=1S/C33H40O21/c1-9-19(39)23(43)26(46)31(49-9)48-8-17-21(41)25(45)30(54-32-27(47)24(44)20(40)16(7-34)51-32)33(52-17)53-29-22(42)18-14(38)5-11(35)6-15(18)50-28(29)10-2-3-12(36)13(37)4-10/h2-6,9,16-17,19-21,23-27,30-41,43-47H,7-8H2,1H3/t9-,16-,17-,19-,20-,21-,23+,24+,25+,26+,27-,30-,31+,32+,33+/m1/s1. The maximum Gasteiger partial charge on any atom is 0.239 e. The molecule has 0 spiro atoms. The van der Waals surface area contributed by atoms with Gasteiger partial charge in [-0.05, 0) is 25.1 Å². The predicted molar refractivity (Wildman–Crippen MR) is 173 cm³/mol. The Morgan fingerprint density at radius 2 is 1.31 bits per heavy atom. The van der Waals surface area contributed by atoms with E-state index in [-0.39, 0.29) is 11.1 Å². The maximum absolute atomic E-state index is 14.1. The molecule has 3 fully saturated rings. The number of ether oxygens (including phenoxy) is 6. The zero-order valence-corrected chi connectivity index (χ0v) is 28.0. The fourth-order valence-electron chi connectivity index (χ4n) is 6.30. The zero-order chi connectivity index (χ0) is 39.3. The number of aliphatic hydroxyl groups is 9. The Morgan fingerprint density at radius 3 is 2.00 bits per heavy atom. The highest BCUT2D eigenvalue weighted by atomic mass is 16.8. The predicted octanol–water partition coefficient (Wildman–Crippen LogP) is -3.86. The first-order valence-electron chi connectivity index (χ1n) is 16.5. The summed E-state index contributed by atoms with van der Waals surface area (Å²) in [4.78, 5) is 14.1. The van der Waals surface area contributed by atoms with Crippen molar-refractivity contribution in [3.05, 3.63) is 40.6 Å². The Kier molecular flexibility index (Phi) is 11.5. The van der Waals surface area contributed by atoms with Crippen molar-refractivity contribution in [1.29, 1.82) is 0 Å².